The fourth-order valence-electron chi connectivity index (χ4n) is 1.66. The molecule has 6 nitrogen and oxygen atoms in total. The number of aromatic nitrogens is 3. The Hall–Kier alpha value is -1.73. The molecule has 2 rings (SSSR count). The zero-order valence-electron chi connectivity index (χ0n) is 10.1. The molecule has 0 aliphatic carbocycles. The highest BCUT2D eigenvalue weighted by Crippen LogP contribution is 2.16. The van der Waals surface area contributed by atoms with E-state index in [0.717, 1.165) is 11.1 Å². The van der Waals surface area contributed by atoms with Gasteiger partial charge in [0.05, 0.1) is 11.4 Å². The number of H-pyrrole nitrogens is 1. The summed E-state index contributed by atoms with van der Waals surface area (Å²) >= 11 is 0. The first-order valence-electron chi connectivity index (χ1n) is 5.40. The van der Waals surface area contributed by atoms with Gasteiger partial charge in [0.15, 0.2) is 0 Å². The number of aromatic amines is 1. The van der Waals surface area contributed by atoms with E-state index in [1.165, 1.54) is 6.33 Å². The van der Waals surface area contributed by atoms with Crippen LogP contribution in [-0.4, -0.2) is 23.6 Å². The van der Waals surface area contributed by atoms with Crippen LogP contribution in [0.15, 0.2) is 29.4 Å². The zero-order valence-corrected chi connectivity index (χ0v) is 11.0. The van der Waals surface area contributed by atoms with Crippen LogP contribution < -0.4 is 4.72 Å². The first-order valence-corrected chi connectivity index (χ1v) is 6.88. The molecular weight excluding hydrogens is 252 g/mol. The average molecular weight is 266 g/mol. The van der Waals surface area contributed by atoms with Gasteiger partial charge in [-0.3, -0.25) is 5.10 Å². The normalized spacial score (nSPS) is 11.7. The molecule has 2 N–H and O–H groups in total. The number of nitrogens with one attached hydrogen (secondary N) is 2. The van der Waals surface area contributed by atoms with Crippen LogP contribution in [0, 0.1) is 13.8 Å². The van der Waals surface area contributed by atoms with Crippen molar-refractivity contribution in [2.24, 2.45) is 0 Å². The fourth-order valence-corrected chi connectivity index (χ4v) is 2.87. The summed E-state index contributed by atoms with van der Waals surface area (Å²) in [6.07, 6.45) is 1.33. The van der Waals surface area contributed by atoms with E-state index in [1.807, 2.05) is 13.0 Å². The van der Waals surface area contributed by atoms with Crippen molar-refractivity contribution in [3.63, 3.8) is 0 Å². The van der Waals surface area contributed by atoms with E-state index in [4.69, 9.17) is 0 Å². The molecule has 0 amide bonds. The van der Waals surface area contributed by atoms with Crippen LogP contribution in [0.5, 0.6) is 0 Å². The van der Waals surface area contributed by atoms with Crippen LogP contribution in [0.1, 0.15) is 17.0 Å². The smallest absolute Gasteiger partial charge is 0.241 e. The van der Waals surface area contributed by atoms with Gasteiger partial charge in [0.1, 0.15) is 12.2 Å². The lowest BCUT2D eigenvalue weighted by atomic mass is 10.2. The number of sulfonamides is 1. The van der Waals surface area contributed by atoms with Gasteiger partial charge in [-0.25, -0.2) is 18.1 Å². The van der Waals surface area contributed by atoms with Gasteiger partial charge >= 0.3 is 0 Å². The van der Waals surface area contributed by atoms with E-state index in [0.29, 0.717) is 5.82 Å². The lowest BCUT2D eigenvalue weighted by Gasteiger charge is -2.08. The number of rotatable bonds is 4. The summed E-state index contributed by atoms with van der Waals surface area (Å²) in [5.41, 5.74) is 1.75. The summed E-state index contributed by atoms with van der Waals surface area (Å²) < 4.78 is 26.6. The van der Waals surface area contributed by atoms with Crippen molar-refractivity contribution < 1.29 is 8.42 Å². The summed E-state index contributed by atoms with van der Waals surface area (Å²) in [6, 6.07) is 5.21. The van der Waals surface area contributed by atoms with E-state index in [1.54, 1.807) is 19.1 Å². The second-order valence-corrected chi connectivity index (χ2v) is 5.76. The van der Waals surface area contributed by atoms with Crippen molar-refractivity contribution in [3.05, 3.63) is 41.5 Å². The summed E-state index contributed by atoms with van der Waals surface area (Å²) in [7, 11) is -3.52. The van der Waals surface area contributed by atoms with E-state index < -0.39 is 10.0 Å². The van der Waals surface area contributed by atoms with Gasteiger partial charge in [-0.15, -0.1) is 0 Å². The van der Waals surface area contributed by atoms with Crippen LogP contribution in [0.25, 0.3) is 0 Å². The minimum Gasteiger partial charge on any atom is -0.262 e. The number of benzene rings is 1. The molecule has 7 heteroatoms. The second-order valence-electron chi connectivity index (χ2n) is 4.03. The highest BCUT2D eigenvalue weighted by molar-refractivity contribution is 7.89. The SMILES string of the molecule is Cc1ccc(S(=O)(=O)NCc2ncn[nH]2)c(C)c1. The largest absolute Gasteiger partial charge is 0.262 e. The lowest BCUT2D eigenvalue weighted by Crippen LogP contribution is -2.24. The summed E-state index contributed by atoms with van der Waals surface area (Å²) in [5.74, 6) is 0.475. The molecule has 1 heterocycles. The molecule has 0 fully saturated rings. The Labute approximate surface area is 106 Å². The minimum atomic E-state index is -3.52. The molecule has 0 saturated heterocycles. The first-order chi connectivity index (χ1) is 8.49. The number of hydrogen-bond donors (Lipinski definition) is 2. The highest BCUT2D eigenvalue weighted by atomic mass is 32.2. The quantitative estimate of drug-likeness (QED) is 0.860. The third-order valence-corrected chi connectivity index (χ3v) is 4.08. The van der Waals surface area contributed by atoms with Crippen molar-refractivity contribution in [2.45, 2.75) is 25.3 Å². The molecule has 0 saturated carbocycles. The van der Waals surface area contributed by atoms with E-state index in [9.17, 15) is 8.42 Å². The fraction of sp³-hybridized carbons (Fsp3) is 0.273. The Morgan fingerprint density at radius 2 is 2.11 bits per heavy atom. The first kappa shape index (κ1) is 12.7. The number of nitrogens with zero attached hydrogens (tertiary/aromatic N) is 2. The van der Waals surface area contributed by atoms with Crippen molar-refractivity contribution in [2.75, 3.05) is 0 Å². The molecule has 0 spiro atoms. The molecule has 0 atom stereocenters. The van der Waals surface area contributed by atoms with Crippen molar-refractivity contribution >= 4 is 10.0 Å². The Kier molecular flexibility index (Phi) is 3.44. The molecule has 0 aliphatic rings. The Balaban J connectivity index is 2.20. The maximum absolute atomic E-state index is 12.1. The highest BCUT2D eigenvalue weighted by Gasteiger charge is 2.16. The predicted molar refractivity (Wildman–Crippen MR) is 66.3 cm³/mol. The number of aryl methyl sites for hydroxylation is 2. The van der Waals surface area contributed by atoms with Crippen LogP contribution in [0.2, 0.25) is 0 Å². The van der Waals surface area contributed by atoms with Gasteiger partial charge in [0, 0.05) is 0 Å². The summed E-state index contributed by atoms with van der Waals surface area (Å²) in [4.78, 5) is 4.14. The van der Waals surface area contributed by atoms with Gasteiger partial charge in [-0.1, -0.05) is 17.7 Å². The minimum absolute atomic E-state index is 0.0929. The Bertz CT molecular complexity index is 635. The van der Waals surface area contributed by atoms with Gasteiger partial charge in [-0.05, 0) is 25.5 Å². The second kappa shape index (κ2) is 4.87. The molecule has 18 heavy (non-hydrogen) atoms. The molecule has 0 radical (unpaired) electrons. The molecule has 1 aromatic heterocycles. The maximum atomic E-state index is 12.1. The van der Waals surface area contributed by atoms with Crippen LogP contribution in [-0.2, 0) is 16.6 Å². The van der Waals surface area contributed by atoms with Crippen LogP contribution >= 0.6 is 0 Å². The monoisotopic (exact) mass is 266 g/mol. The van der Waals surface area contributed by atoms with Crippen molar-refractivity contribution in [1.29, 1.82) is 0 Å². The van der Waals surface area contributed by atoms with E-state index in [2.05, 4.69) is 19.9 Å². The topological polar surface area (TPSA) is 87.7 Å². The maximum Gasteiger partial charge on any atom is 0.241 e. The Morgan fingerprint density at radius 1 is 1.33 bits per heavy atom. The molecule has 2 aromatic rings. The molecule has 96 valence electrons. The Morgan fingerprint density at radius 3 is 2.72 bits per heavy atom. The molecule has 1 aromatic carbocycles. The third-order valence-electron chi connectivity index (χ3n) is 2.51. The van der Waals surface area contributed by atoms with Gasteiger partial charge < -0.3 is 0 Å². The zero-order chi connectivity index (χ0) is 13.2. The van der Waals surface area contributed by atoms with Crippen LogP contribution in [0.3, 0.4) is 0 Å². The van der Waals surface area contributed by atoms with E-state index >= 15 is 0 Å². The van der Waals surface area contributed by atoms with Crippen molar-refractivity contribution in [3.8, 4) is 0 Å². The average Bonchev–Trinajstić information content (AvgIpc) is 2.78. The summed E-state index contributed by atoms with van der Waals surface area (Å²) in [5, 5.41) is 6.25. The lowest BCUT2D eigenvalue weighted by molar-refractivity contribution is 0.578. The van der Waals surface area contributed by atoms with Crippen molar-refractivity contribution in [1.82, 2.24) is 19.9 Å². The number of hydrogen-bond acceptors (Lipinski definition) is 4. The van der Waals surface area contributed by atoms with Gasteiger partial charge in [0.25, 0.3) is 0 Å². The third kappa shape index (κ3) is 2.74. The van der Waals surface area contributed by atoms with Gasteiger partial charge in [-0.2, -0.15) is 5.10 Å². The predicted octanol–water partition coefficient (Wildman–Crippen LogP) is 0.900. The van der Waals surface area contributed by atoms with Gasteiger partial charge in [0.2, 0.25) is 10.0 Å². The standard InChI is InChI=1S/C11H14N4O2S/c1-8-3-4-10(9(2)5-8)18(16,17)14-6-11-12-7-13-15-11/h3-5,7,14H,6H2,1-2H3,(H,12,13,15). The molecular formula is C11H14N4O2S. The molecule has 0 aliphatic heterocycles. The molecule has 0 unspecified atom stereocenters. The molecule has 0 bridgehead atoms. The van der Waals surface area contributed by atoms with E-state index in [-0.39, 0.29) is 11.4 Å². The summed E-state index contributed by atoms with van der Waals surface area (Å²) in [6.45, 7) is 3.79. The van der Waals surface area contributed by atoms with Crippen LogP contribution in [0.4, 0.5) is 0 Å².